The van der Waals surface area contributed by atoms with Crippen LogP contribution in [0.25, 0.3) is 5.69 Å². The van der Waals surface area contributed by atoms with E-state index in [0.29, 0.717) is 11.5 Å². The molecule has 0 aliphatic heterocycles. The Balaban J connectivity index is 2.05. The number of aryl methyl sites for hydroxylation is 1. The molecule has 3 aromatic rings. The van der Waals surface area contributed by atoms with E-state index in [9.17, 15) is 22.8 Å². The van der Waals surface area contributed by atoms with Crippen molar-refractivity contribution in [2.24, 2.45) is 0 Å². The van der Waals surface area contributed by atoms with Gasteiger partial charge in [0.2, 0.25) is 5.43 Å². The van der Waals surface area contributed by atoms with E-state index in [1.807, 2.05) is 0 Å². The Morgan fingerprint density at radius 1 is 1.03 bits per heavy atom. The van der Waals surface area contributed by atoms with Crippen LogP contribution in [0.5, 0.6) is 11.5 Å². The third-order valence-electron chi connectivity index (χ3n) is 4.37. The van der Waals surface area contributed by atoms with Crippen molar-refractivity contribution in [2.45, 2.75) is 13.1 Å². The maximum atomic E-state index is 13.4. The van der Waals surface area contributed by atoms with E-state index in [4.69, 9.17) is 9.47 Å². The molecule has 162 valence electrons. The lowest BCUT2D eigenvalue weighted by atomic mass is 10.1. The Kier molecular flexibility index (Phi) is 6.00. The average molecular weight is 433 g/mol. The summed E-state index contributed by atoms with van der Waals surface area (Å²) in [6, 6.07) is 10.4. The smallest absolute Gasteiger partial charge is 0.418 e. The number of anilines is 1. The minimum absolute atomic E-state index is 0.140. The number of carbonyl (C=O) groups is 1. The second-order valence-corrected chi connectivity index (χ2v) is 6.48. The van der Waals surface area contributed by atoms with Gasteiger partial charge in [0.1, 0.15) is 11.5 Å². The first-order chi connectivity index (χ1) is 14.6. The number of amides is 1. The van der Waals surface area contributed by atoms with Crippen molar-refractivity contribution in [1.29, 1.82) is 0 Å². The van der Waals surface area contributed by atoms with Gasteiger partial charge in [-0.15, -0.1) is 0 Å². The Morgan fingerprint density at radius 2 is 1.65 bits per heavy atom. The van der Waals surface area contributed by atoms with Crippen molar-refractivity contribution in [1.82, 2.24) is 9.78 Å². The highest BCUT2D eigenvalue weighted by molar-refractivity contribution is 6.02. The summed E-state index contributed by atoms with van der Waals surface area (Å²) in [5.41, 5.74) is -2.15. The molecule has 0 aliphatic rings. The molecule has 1 aromatic heterocycles. The molecule has 0 spiro atoms. The summed E-state index contributed by atoms with van der Waals surface area (Å²) < 4.78 is 51.5. The van der Waals surface area contributed by atoms with Crippen LogP contribution in [0.1, 0.15) is 21.7 Å². The number of aromatic nitrogens is 2. The number of nitrogens with zero attached hydrogens (tertiary/aromatic N) is 2. The summed E-state index contributed by atoms with van der Waals surface area (Å²) in [5, 5.41) is 6.42. The molecule has 2 aromatic carbocycles. The van der Waals surface area contributed by atoms with Crippen molar-refractivity contribution in [3.63, 3.8) is 0 Å². The minimum Gasteiger partial charge on any atom is -0.497 e. The van der Waals surface area contributed by atoms with E-state index in [1.165, 1.54) is 51.5 Å². The first-order valence-electron chi connectivity index (χ1n) is 8.96. The lowest BCUT2D eigenvalue weighted by Crippen LogP contribution is -2.27. The molecule has 7 nitrogen and oxygen atoms in total. The van der Waals surface area contributed by atoms with E-state index in [2.05, 4.69) is 10.4 Å². The molecule has 0 atom stereocenters. The van der Waals surface area contributed by atoms with Gasteiger partial charge in [0, 0.05) is 35.6 Å². The number of hydrogen-bond acceptors (Lipinski definition) is 5. The van der Waals surface area contributed by atoms with Gasteiger partial charge < -0.3 is 14.8 Å². The third kappa shape index (κ3) is 4.68. The van der Waals surface area contributed by atoms with Crippen molar-refractivity contribution >= 4 is 11.6 Å². The number of hydrogen-bond donors (Lipinski definition) is 1. The van der Waals surface area contributed by atoms with E-state index in [0.717, 1.165) is 16.8 Å². The normalized spacial score (nSPS) is 11.2. The summed E-state index contributed by atoms with van der Waals surface area (Å²) in [7, 11) is 2.86. The molecule has 0 aliphatic carbocycles. The van der Waals surface area contributed by atoms with Gasteiger partial charge >= 0.3 is 6.18 Å². The Morgan fingerprint density at radius 3 is 2.23 bits per heavy atom. The molecule has 0 saturated carbocycles. The quantitative estimate of drug-likeness (QED) is 0.661. The first kappa shape index (κ1) is 21.9. The number of rotatable bonds is 5. The van der Waals surface area contributed by atoms with E-state index in [1.54, 1.807) is 6.07 Å². The van der Waals surface area contributed by atoms with E-state index < -0.39 is 28.8 Å². The molecular weight excluding hydrogens is 415 g/mol. The Bertz CT molecular complexity index is 1170. The molecule has 1 N–H and O–H groups in total. The van der Waals surface area contributed by atoms with Crippen molar-refractivity contribution < 1.29 is 27.4 Å². The number of nitrogens with one attached hydrogen (secondary N) is 1. The number of methoxy groups -OCH3 is 2. The lowest BCUT2D eigenvalue weighted by molar-refractivity contribution is -0.137. The molecule has 0 bridgehead atoms. The molecule has 31 heavy (non-hydrogen) atoms. The van der Waals surface area contributed by atoms with Crippen LogP contribution < -0.4 is 20.2 Å². The van der Waals surface area contributed by atoms with Crippen LogP contribution in [0, 0.1) is 6.92 Å². The van der Waals surface area contributed by atoms with Crippen molar-refractivity contribution in [3.8, 4) is 17.2 Å². The fourth-order valence-electron chi connectivity index (χ4n) is 2.92. The second-order valence-electron chi connectivity index (χ2n) is 6.48. The number of benzene rings is 2. The van der Waals surface area contributed by atoms with Gasteiger partial charge in [-0.25, -0.2) is 4.68 Å². The number of alkyl halides is 3. The second kappa shape index (κ2) is 8.50. The van der Waals surface area contributed by atoms with Gasteiger partial charge in [-0.1, -0.05) is 12.1 Å². The highest BCUT2D eigenvalue weighted by Gasteiger charge is 2.34. The topological polar surface area (TPSA) is 82.5 Å². The highest BCUT2D eigenvalue weighted by atomic mass is 19.4. The summed E-state index contributed by atoms with van der Waals surface area (Å²) in [6.07, 6.45) is -4.65. The number of carbonyl (C=O) groups excluding carboxylic acids is 1. The maximum Gasteiger partial charge on any atom is 0.418 e. The summed E-state index contributed by atoms with van der Waals surface area (Å²) >= 11 is 0. The fraction of sp³-hybridized carbons (Fsp3) is 0.190. The number of halogens is 3. The third-order valence-corrected chi connectivity index (χ3v) is 4.37. The van der Waals surface area contributed by atoms with Gasteiger partial charge in [-0.05, 0) is 19.1 Å². The summed E-state index contributed by atoms with van der Waals surface area (Å²) in [4.78, 5) is 25.1. The van der Waals surface area contributed by atoms with Crippen LogP contribution in [0.3, 0.4) is 0 Å². The van der Waals surface area contributed by atoms with Crippen LogP contribution in [-0.2, 0) is 6.18 Å². The van der Waals surface area contributed by atoms with Crippen LogP contribution in [0.15, 0.2) is 53.3 Å². The predicted molar refractivity (Wildman–Crippen MR) is 107 cm³/mol. The average Bonchev–Trinajstić information content (AvgIpc) is 2.72. The molecule has 0 unspecified atom stereocenters. The van der Waals surface area contributed by atoms with Gasteiger partial charge in [0.05, 0.1) is 25.5 Å². The van der Waals surface area contributed by atoms with Gasteiger partial charge in [0.15, 0.2) is 5.69 Å². The summed E-state index contributed by atoms with van der Waals surface area (Å²) in [5.74, 6) is -0.107. The predicted octanol–water partition coefficient (Wildman–Crippen LogP) is 3.83. The number of para-hydroxylation sites is 1. The molecule has 0 saturated heterocycles. The van der Waals surface area contributed by atoms with Crippen molar-refractivity contribution in [3.05, 3.63) is 75.7 Å². The van der Waals surface area contributed by atoms with Gasteiger partial charge in [0.25, 0.3) is 5.91 Å². The standard InChI is InChI=1S/C21H18F3N3O4/c1-12-8-18(28)19(20(29)25-13-9-14(30-2)11-15(10-13)31-3)26-27(12)17-7-5-4-6-16(17)21(22,23)24/h4-11H,1-3H3,(H,25,29). The molecule has 10 heteroatoms. The fourth-order valence-corrected chi connectivity index (χ4v) is 2.92. The molecule has 3 rings (SSSR count). The molecule has 0 fully saturated rings. The highest BCUT2D eigenvalue weighted by Crippen LogP contribution is 2.33. The van der Waals surface area contributed by atoms with Crippen LogP contribution in [0.4, 0.5) is 18.9 Å². The van der Waals surface area contributed by atoms with E-state index >= 15 is 0 Å². The Labute approximate surface area is 175 Å². The number of ether oxygens (including phenoxy) is 2. The molecule has 0 radical (unpaired) electrons. The first-order valence-corrected chi connectivity index (χ1v) is 8.96. The molecule has 1 amide bonds. The zero-order valence-electron chi connectivity index (χ0n) is 16.8. The van der Waals surface area contributed by atoms with Crippen molar-refractivity contribution in [2.75, 3.05) is 19.5 Å². The maximum absolute atomic E-state index is 13.4. The zero-order chi connectivity index (χ0) is 22.8. The minimum atomic E-state index is -4.65. The molecular formula is C21H18F3N3O4. The lowest BCUT2D eigenvalue weighted by Gasteiger charge is -2.16. The van der Waals surface area contributed by atoms with Crippen LogP contribution >= 0.6 is 0 Å². The molecule has 1 heterocycles. The van der Waals surface area contributed by atoms with E-state index in [-0.39, 0.29) is 17.1 Å². The zero-order valence-corrected chi connectivity index (χ0v) is 16.8. The summed E-state index contributed by atoms with van der Waals surface area (Å²) in [6.45, 7) is 1.43. The van der Waals surface area contributed by atoms with Crippen LogP contribution in [-0.4, -0.2) is 29.9 Å². The largest absolute Gasteiger partial charge is 0.497 e. The van der Waals surface area contributed by atoms with Gasteiger partial charge in [-0.2, -0.15) is 18.3 Å². The Hall–Kier alpha value is -3.82. The monoisotopic (exact) mass is 433 g/mol. The van der Waals surface area contributed by atoms with Gasteiger partial charge in [-0.3, -0.25) is 9.59 Å². The SMILES string of the molecule is COc1cc(NC(=O)c2nn(-c3ccccc3C(F)(F)F)c(C)cc2=O)cc(OC)c1. The van der Waals surface area contributed by atoms with Crippen LogP contribution in [0.2, 0.25) is 0 Å².